The van der Waals surface area contributed by atoms with E-state index in [1.54, 1.807) is 25.1 Å². The Morgan fingerprint density at radius 1 is 1.00 bits per heavy atom. The van der Waals surface area contributed by atoms with E-state index in [4.69, 9.17) is 0 Å². The van der Waals surface area contributed by atoms with Crippen LogP contribution >= 0.6 is 0 Å². The zero-order valence-electron chi connectivity index (χ0n) is 14.2. The number of hydrogen-bond donors (Lipinski definition) is 3. The standard InChI is InChI=1S/C18H21N3O3/c1-11-12(16(23)21-18(2,3)4)7-5-8-13(11)20-17(24)14-9-6-10-15(22)19-14/h5-10H,1-4H3,(H,19,22)(H,20,24)(H,21,23). The number of H-pyrrole nitrogens is 1. The Hall–Kier alpha value is -2.89. The first-order valence-electron chi connectivity index (χ1n) is 7.60. The molecule has 0 aliphatic carbocycles. The number of anilines is 1. The van der Waals surface area contributed by atoms with Gasteiger partial charge in [-0.3, -0.25) is 14.4 Å². The van der Waals surface area contributed by atoms with Crippen molar-refractivity contribution in [3.63, 3.8) is 0 Å². The third-order valence-electron chi connectivity index (χ3n) is 3.33. The summed E-state index contributed by atoms with van der Waals surface area (Å²) < 4.78 is 0. The van der Waals surface area contributed by atoms with Crippen LogP contribution in [0.25, 0.3) is 0 Å². The molecule has 0 unspecified atom stereocenters. The van der Waals surface area contributed by atoms with Crippen molar-refractivity contribution in [3.8, 4) is 0 Å². The minimum Gasteiger partial charge on any atom is -0.347 e. The van der Waals surface area contributed by atoms with Crippen LogP contribution in [0.15, 0.2) is 41.2 Å². The van der Waals surface area contributed by atoms with E-state index < -0.39 is 5.91 Å². The van der Waals surface area contributed by atoms with Gasteiger partial charge in [-0.2, -0.15) is 0 Å². The predicted molar refractivity (Wildman–Crippen MR) is 93.4 cm³/mol. The van der Waals surface area contributed by atoms with E-state index in [1.807, 2.05) is 20.8 Å². The monoisotopic (exact) mass is 327 g/mol. The molecule has 0 radical (unpaired) electrons. The average Bonchev–Trinajstić information content (AvgIpc) is 2.47. The van der Waals surface area contributed by atoms with Gasteiger partial charge in [-0.15, -0.1) is 0 Å². The SMILES string of the molecule is Cc1c(NC(=O)c2cccc(=O)[nH]2)cccc1C(=O)NC(C)(C)C. The fourth-order valence-electron chi connectivity index (χ4n) is 2.19. The molecule has 1 aromatic carbocycles. The summed E-state index contributed by atoms with van der Waals surface area (Å²) in [5, 5.41) is 5.62. The number of aromatic nitrogens is 1. The molecule has 2 rings (SSSR count). The van der Waals surface area contributed by atoms with E-state index >= 15 is 0 Å². The Morgan fingerprint density at radius 2 is 1.67 bits per heavy atom. The average molecular weight is 327 g/mol. The van der Waals surface area contributed by atoms with Gasteiger partial charge in [0.2, 0.25) is 5.56 Å². The van der Waals surface area contributed by atoms with Gasteiger partial charge in [-0.1, -0.05) is 12.1 Å². The molecular formula is C18H21N3O3. The van der Waals surface area contributed by atoms with Crippen molar-refractivity contribution in [2.45, 2.75) is 33.2 Å². The molecule has 1 aromatic heterocycles. The van der Waals surface area contributed by atoms with Crippen LogP contribution < -0.4 is 16.2 Å². The van der Waals surface area contributed by atoms with E-state index in [1.165, 1.54) is 18.2 Å². The first-order chi connectivity index (χ1) is 11.2. The molecule has 6 nitrogen and oxygen atoms in total. The van der Waals surface area contributed by atoms with Crippen molar-refractivity contribution in [2.24, 2.45) is 0 Å². The molecule has 0 aliphatic heterocycles. The van der Waals surface area contributed by atoms with Crippen LogP contribution in [0.3, 0.4) is 0 Å². The zero-order valence-corrected chi connectivity index (χ0v) is 14.2. The molecule has 6 heteroatoms. The van der Waals surface area contributed by atoms with Crippen molar-refractivity contribution >= 4 is 17.5 Å². The van der Waals surface area contributed by atoms with Gasteiger partial charge in [0.1, 0.15) is 5.69 Å². The molecule has 126 valence electrons. The Morgan fingerprint density at radius 3 is 2.29 bits per heavy atom. The van der Waals surface area contributed by atoms with Crippen molar-refractivity contribution in [3.05, 3.63) is 63.6 Å². The molecule has 2 aromatic rings. The Kier molecular flexibility index (Phi) is 4.87. The van der Waals surface area contributed by atoms with Crippen molar-refractivity contribution in [1.29, 1.82) is 0 Å². The lowest BCUT2D eigenvalue weighted by molar-refractivity contribution is 0.0917. The van der Waals surface area contributed by atoms with Gasteiger partial charge >= 0.3 is 0 Å². The van der Waals surface area contributed by atoms with Crippen LogP contribution in [0.2, 0.25) is 0 Å². The van der Waals surface area contributed by atoms with Crippen molar-refractivity contribution in [2.75, 3.05) is 5.32 Å². The van der Waals surface area contributed by atoms with E-state index in [0.29, 0.717) is 16.8 Å². The van der Waals surface area contributed by atoms with Gasteiger partial charge in [0, 0.05) is 22.9 Å². The number of pyridine rings is 1. The summed E-state index contributed by atoms with van der Waals surface area (Å²) in [6, 6.07) is 9.47. The quantitative estimate of drug-likeness (QED) is 0.809. The summed E-state index contributed by atoms with van der Waals surface area (Å²) >= 11 is 0. The van der Waals surface area contributed by atoms with E-state index in [2.05, 4.69) is 15.6 Å². The van der Waals surface area contributed by atoms with Gasteiger partial charge in [0.25, 0.3) is 11.8 Å². The lowest BCUT2D eigenvalue weighted by Gasteiger charge is -2.21. The minimum atomic E-state index is -0.441. The molecule has 2 amide bonds. The number of aromatic amines is 1. The van der Waals surface area contributed by atoms with Crippen LogP contribution in [0, 0.1) is 6.92 Å². The maximum atomic E-state index is 12.4. The maximum Gasteiger partial charge on any atom is 0.272 e. The second kappa shape index (κ2) is 6.70. The van der Waals surface area contributed by atoms with E-state index in [0.717, 1.165) is 0 Å². The summed E-state index contributed by atoms with van der Waals surface area (Å²) in [7, 11) is 0. The van der Waals surface area contributed by atoms with Gasteiger partial charge in [-0.05, 0) is 51.5 Å². The smallest absolute Gasteiger partial charge is 0.272 e. The molecule has 0 atom stereocenters. The van der Waals surface area contributed by atoms with Crippen LogP contribution in [-0.4, -0.2) is 22.3 Å². The highest BCUT2D eigenvalue weighted by Crippen LogP contribution is 2.20. The van der Waals surface area contributed by atoms with E-state index in [-0.39, 0.29) is 22.7 Å². The van der Waals surface area contributed by atoms with E-state index in [9.17, 15) is 14.4 Å². The van der Waals surface area contributed by atoms with Crippen molar-refractivity contribution in [1.82, 2.24) is 10.3 Å². The third kappa shape index (κ3) is 4.32. The minimum absolute atomic E-state index is 0.159. The largest absolute Gasteiger partial charge is 0.347 e. The molecule has 0 aliphatic rings. The summed E-state index contributed by atoms with van der Waals surface area (Å²) in [6.45, 7) is 7.47. The van der Waals surface area contributed by atoms with Gasteiger partial charge in [0.15, 0.2) is 0 Å². The molecule has 3 N–H and O–H groups in total. The van der Waals surface area contributed by atoms with Crippen LogP contribution in [0.5, 0.6) is 0 Å². The fourth-order valence-corrected chi connectivity index (χ4v) is 2.19. The predicted octanol–water partition coefficient (Wildman–Crippen LogP) is 2.46. The Balaban J connectivity index is 2.26. The number of rotatable bonds is 3. The molecule has 1 heterocycles. The fraction of sp³-hybridized carbons (Fsp3) is 0.278. The summed E-state index contributed by atoms with van der Waals surface area (Å²) in [4.78, 5) is 38.4. The molecule has 0 saturated heterocycles. The Bertz CT molecular complexity index is 832. The van der Waals surface area contributed by atoms with Gasteiger partial charge in [0.05, 0.1) is 0 Å². The summed E-state index contributed by atoms with van der Waals surface area (Å²) in [6.07, 6.45) is 0. The lowest BCUT2D eigenvalue weighted by atomic mass is 10.0. The molecule has 24 heavy (non-hydrogen) atoms. The molecule has 0 bridgehead atoms. The van der Waals surface area contributed by atoms with Crippen LogP contribution in [0.1, 0.15) is 47.2 Å². The van der Waals surface area contributed by atoms with Crippen LogP contribution in [-0.2, 0) is 0 Å². The number of carbonyl (C=O) groups is 2. The maximum absolute atomic E-state index is 12.4. The highest BCUT2D eigenvalue weighted by molar-refractivity contribution is 6.05. The number of carbonyl (C=O) groups excluding carboxylic acids is 2. The molecule has 0 fully saturated rings. The molecule has 0 saturated carbocycles. The lowest BCUT2D eigenvalue weighted by Crippen LogP contribution is -2.40. The summed E-state index contributed by atoms with van der Waals surface area (Å²) in [5.74, 6) is -0.645. The second-order valence-corrected chi connectivity index (χ2v) is 6.57. The van der Waals surface area contributed by atoms with Crippen LogP contribution in [0.4, 0.5) is 5.69 Å². The number of nitrogens with one attached hydrogen (secondary N) is 3. The summed E-state index contributed by atoms with van der Waals surface area (Å²) in [5.41, 5.74) is 1.12. The highest BCUT2D eigenvalue weighted by Gasteiger charge is 2.18. The second-order valence-electron chi connectivity index (χ2n) is 6.57. The third-order valence-corrected chi connectivity index (χ3v) is 3.33. The topological polar surface area (TPSA) is 91.1 Å². The number of benzene rings is 1. The first-order valence-corrected chi connectivity index (χ1v) is 7.60. The first kappa shape index (κ1) is 17.5. The number of hydrogen-bond acceptors (Lipinski definition) is 3. The Labute approximate surface area is 140 Å². The molecule has 0 spiro atoms. The number of amides is 2. The molecular weight excluding hydrogens is 306 g/mol. The van der Waals surface area contributed by atoms with Gasteiger partial charge in [-0.25, -0.2) is 0 Å². The zero-order chi connectivity index (χ0) is 17.9. The van der Waals surface area contributed by atoms with Gasteiger partial charge < -0.3 is 15.6 Å². The van der Waals surface area contributed by atoms with Crippen molar-refractivity contribution < 1.29 is 9.59 Å². The normalized spacial score (nSPS) is 11.0. The highest BCUT2D eigenvalue weighted by atomic mass is 16.2.